The van der Waals surface area contributed by atoms with Crippen LogP contribution in [-0.2, 0) is 4.79 Å². The van der Waals surface area contributed by atoms with Crippen LogP contribution >= 0.6 is 11.8 Å². The summed E-state index contributed by atoms with van der Waals surface area (Å²) in [6, 6.07) is 10.2. The monoisotopic (exact) mass is 386 g/mol. The molecule has 1 heterocycles. The Balaban J connectivity index is 1.63. The lowest BCUT2D eigenvalue weighted by Gasteiger charge is -2.05. The van der Waals surface area contributed by atoms with Crippen LogP contribution in [-0.4, -0.2) is 33.2 Å². The second-order valence-electron chi connectivity index (χ2n) is 5.75. The molecular formula is C18H18N4O4S. The molecule has 0 saturated carbocycles. The second-order valence-corrected chi connectivity index (χ2v) is 6.71. The van der Waals surface area contributed by atoms with Crippen LogP contribution in [0.4, 0.5) is 11.4 Å². The maximum absolute atomic E-state index is 12.1. The number of nitro benzene ring substituents is 1. The van der Waals surface area contributed by atoms with Crippen molar-refractivity contribution in [2.45, 2.75) is 19.0 Å². The summed E-state index contributed by atoms with van der Waals surface area (Å²) in [4.78, 5) is 30.2. The van der Waals surface area contributed by atoms with E-state index in [2.05, 4.69) is 15.3 Å². The number of fused-ring (bicyclic) bond motifs is 1. The smallest absolute Gasteiger partial charge is 0.274 e. The average molecular weight is 386 g/mol. The summed E-state index contributed by atoms with van der Waals surface area (Å²) < 4.78 is 5.46. The van der Waals surface area contributed by atoms with Gasteiger partial charge in [0.05, 0.1) is 28.3 Å². The summed E-state index contributed by atoms with van der Waals surface area (Å²) in [6.07, 6.45) is 0. The van der Waals surface area contributed by atoms with E-state index in [-0.39, 0.29) is 17.3 Å². The van der Waals surface area contributed by atoms with E-state index >= 15 is 0 Å². The van der Waals surface area contributed by atoms with Gasteiger partial charge in [0.1, 0.15) is 5.75 Å². The fraction of sp³-hybridized carbons (Fsp3) is 0.222. The Morgan fingerprint density at radius 3 is 2.89 bits per heavy atom. The van der Waals surface area contributed by atoms with Crippen molar-refractivity contribution in [1.29, 1.82) is 0 Å². The first-order valence-electron chi connectivity index (χ1n) is 8.26. The van der Waals surface area contributed by atoms with Crippen LogP contribution in [0, 0.1) is 17.0 Å². The SMILES string of the molecule is CCOc1ccc2nc(SCC(=O)Nc3ccc(C)c([N+](=O)[O-])c3)[nH]c2c1. The van der Waals surface area contributed by atoms with Gasteiger partial charge in [-0.2, -0.15) is 0 Å². The Hall–Kier alpha value is -3.07. The number of thioether (sulfide) groups is 1. The van der Waals surface area contributed by atoms with E-state index < -0.39 is 4.92 Å². The molecule has 9 heteroatoms. The van der Waals surface area contributed by atoms with Crippen molar-refractivity contribution in [3.05, 3.63) is 52.1 Å². The van der Waals surface area contributed by atoms with Gasteiger partial charge in [-0.05, 0) is 32.0 Å². The number of aryl methyl sites for hydroxylation is 1. The number of nitrogens with zero attached hydrogens (tertiary/aromatic N) is 2. The molecule has 0 spiro atoms. The first-order valence-corrected chi connectivity index (χ1v) is 9.25. The minimum atomic E-state index is -0.468. The highest BCUT2D eigenvalue weighted by atomic mass is 32.2. The van der Waals surface area contributed by atoms with Gasteiger partial charge in [-0.15, -0.1) is 0 Å². The third kappa shape index (κ3) is 4.56. The fourth-order valence-electron chi connectivity index (χ4n) is 2.50. The van der Waals surface area contributed by atoms with Crippen molar-refractivity contribution >= 4 is 40.1 Å². The van der Waals surface area contributed by atoms with Gasteiger partial charge < -0.3 is 15.0 Å². The number of hydrogen-bond donors (Lipinski definition) is 2. The van der Waals surface area contributed by atoms with Crippen LogP contribution in [0.3, 0.4) is 0 Å². The Morgan fingerprint density at radius 2 is 2.15 bits per heavy atom. The van der Waals surface area contributed by atoms with Crippen molar-refractivity contribution in [3.8, 4) is 5.75 Å². The van der Waals surface area contributed by atoms with Gasteiger partial charge in [-0.3, -0.25) is 14.9 Å². The van der Waals surface area contributed by atoms with E-state index in [9.17, 15) is 14.9 Å². The van der Waals surface area contributed by atoms with Crippen LogP contribution < -0.4 is 10.1 Å². The lowest BCUT2D eigenvalue weighted by atomic mass is 10.2. The number of amides is 1. The summed E-state index contributed by atoms with van der Waals surface area (Å²) in [7, 11) is 0. The number of benzene rings is 2. The highest BCUT2D eigenvalue weighted by molar-refractivity contribution is 7.99. The van der Waals surface area contributed by atoms with Gasteiger partial charge in [0, 0.05) is 23.4 Å². The van der Waals surface area contributed by atoms with E-state index in [0.29, 0.717) is 23.0 Å². The first kappa shape index (κ1) is 18.7. The molecule has 0 fully saturated rings. The number of H-pyrrole nitrogens is 1. The molecule has 0 bridgehead atoms. The molecule has 0 aliphatic carbocycles. The summed E-state index contributed by atoms with van der Waals surface area (Å²) in [5.74, 6) is 0.609. The average Bonchev–Trinajstić information content (AvgIpc) is 3.04. The van der Waals surface area contributed by atoms with E-state index in [1.807, 2.05) is 25.1 Å². The summed E-state index contributed by atoms with van der Waals surface area (Å²) in [5, 5.41) is 14.3. The van der Waals surface area contributed by atoms with Crippen LogP contribution in [0.2, 0.25) is 0 Å². The predicted molar refractivity (Wildman–Crippen MR) is 104 cm³/mol. The lowest BCUT2D eigenvalue weighted by Crippen LogP contribution is -2.14. The Labute approximate surface area is 159 Å². The van der Waals surface area contributed by atoms with Crippen LogP contribution in [0.15, 0.2) is 41.6 Å². The van der Waals surface area contributed by atoms with Gasteiger partial charge in [0.25, 0.3) is 5.69 Å². The van der Waals surface area contributed by atoms with Crippen molar-refractivity contribution in [2.24, 2.45) is 0 Å². The Kier molecular flexibility index (Phi) is 5.60. The standard InChI is InChI=1S/C18H18N4O4S/c1-3-26-13-6-7-14-15(9-13)21-18(20-14)27-10-17(23)19-12-5-4-11(2)16(8-12)22(24)25/h4-9H,3,10H2,1-2H3,(H,19,23)(H,20,21). The number of hydrogen-bond acceptors (Lipinski definition) is 6. The second kappa shape index (κ2) is 8.09. The van der Waals surface area contributed by atoms with Gasteiger partial charge in [-0.25, -0.2) is 4.98 Å². The molecule has 0 saturated heterocycles. The fourth-order valence-corrected chi connectivity index (χ4v) is 3.19. The van der Waals surface area contributed by atoms with Gasteiger partial charge in [-0.1, -0.05) is 17.8 Å². The van der Waals surface area contributed by atoms with Crippen LogP contribution in [0.25, 0.3) is 11.0 Å². The molecule has 1 amide bonds. The number of rotatable bonds is 7. The molecule has 140 valence electrons. The zero-order valence-electron chi connectivity index (χ0n) is 14.8. The molecule has 0 radical (unpaired) electrons. The number of anilines is 1. The number of nitrogens with one attached hydrogen (secondary N) is 2. The quantitative estimate of drug-likeness (QED) is 0.362. The van der Waals surface area contributed by atoms with Crippen LogP contribution in [0.5, 0.6) is 5.75 Å². The third-order valence-electron chi connectivity index (χ3n) is 3.77. The number of nitro groups is 1. The van der Waals surface area contributed by atoms with E-state index in [1.165, 1.54) is 17.8 Å². The molecule has 0 atom stereocenters. The third-order valence-corrected chi connectivity index (χ3v) is 4.65. The first-order chi connectivity index (χ1) is 13.0. The zero-order valence-corrected chi connectivity index (χ0v) is 15.6. The normalized spacial score (nSPS) is 10.7. The summed E-state index contributed by atoms with van der Waals surface area (Å²) >= 11 is 1.25. The number of aromatic amines is 1. The predicted octanol–water partition coefficient (Wildman–Crippen LogP) is 3.91. The van der Waals surface area contributed by atoms with E-state index in [1.54, 1.807) is 19.1 Å². The number of aromatic nitrogens is 2. The molecule has 3 aromatic rings. The Bertz CT molecular complexity index is 1000. The number of carbonyl (C=O) groups excluding carboxylic acids is 1. The summed E-state index contributed by atoms with van der Waals surface area (Å²) in [6.45, 7) is 4.15. The topological polar surface area (TPSA) is 110 Å². The Morgan fingerprint density at radius 1 is 1.33 bits per heavy atom. The van der Waals surface area contributed by atoms with Gasteiger partial charge in [0.2, 0.25) is 5.91 Å². The molecule has 1 aromatic heterocycles. The minimum absolute atomic E-state index is 0.0251. The van der Waals surface area contributed by atoms with Crippen molar-refractivity contribution in [3.63, 3.8) is 0 Å². The van der Waals surface area contributed by atoms with E-state index in [4.69, 9.17) is 4.74 Å². The lowest BCUT2D eigenvalue weighted by molar-refractivity contribution is -0.385. The highest BCUT2D eigenvalue weighted by Gasteiger charge is 2.13. The number of carbonyl (C=O) groups is 1. The van der Waals surface area contributed by atoms with Crippen molar-refractivity contribution in [1.82, 2.24) is 9.97 Å². The van der Waals surface area contributed by atoms with Crippen molar-refractivity contribution < 1.29 is 14.5 Å². The summed E-state index contributed by atoms with van der Waals surface area (Å²) in [5.41, 5.74) is 2.53. The molecular weight excluding hydrogens is 368 g/mol. The number of ether oxygens (including phenoxy) is 1. The maximum atomic E-state index is 12.1. The largest absolute Gasteiger partial charge is 0.494 e. The van der Waals surface area contributed by atoms with Crippen molar-refractivity contribution in [2.75, 3.05) is 17.7 Å². The molecule has 2 N–H and O–H groups in total. The van der Waals surface area contributed by atoms with E-state index in [0.717, 1.165) is 16.8 Å². The highest BCUT2D eigenvalue weighted by Crippen LogP contribution is 2.25. The minimum Gasteiger partial charge on any atom is -0.494 e. The molecule has 3 rings (SSSR count). The van der Waals surface area contributed by atoms with Gasteiger partial charge in [0.15, 0.2) is 5.16 Å². The molecule has 27 heavy (non-hydrogen) atoms. The molecule has 8 nitrogen and oxygen atoms in total. The molecule has 0 aliphatic rings. The maximum Gasteiger partial charge on any atom is 0.274 e. The van der Waals surface area contributed by atoms with Gasteiger partial charge >= 0.3 is 0 Å². The zero-order chi connectivity index (χ0) is 19.4. The molecule has 2 aromatic carbocycles. The molecule has 0 unspecified atom stereocenters. The molecule has 0 aliphatic heterocycles. The van der Waals surface area contributed by atoms with Crippen LogP contribution in [0.1, 0.15) is 12.5 Å². The number of imidazole rings is 1.